The smallest absolute Gasteiger partial charge is 0.230 e. The third-order valence-corrected chi connectivity index (χ3v) is 5.90. The van der Waals surface area contributed by atoms with E-state index in [1.807, 2.05) is 0 Å². The van der Waals surface area contributed by atoms with E-state index in [0.717, 1.165) is 43.2 Å². The van der Waals surface area contributed by atoms with Crippen LogP contribution in [0.2, 0.25) is 0 Å². The topological polar surface area (TPSA) is 99.4 Å². The number of aromatic nitrogens is 2. The van der Waals surface area contributed by atoms with Crippen LogP contribution in [-0.4, -0.2) is 53.3 Å². The Kier molecular flexibility index (Phi) is 5.17. The summed E-state index contributed by atoms with van der Waals surface area (Å²) in [4.78, 5) is 12.1. The van der Waals surface area contributed by atoms with E-state index in [2.05, 4.69) is 15.5 Å². The van der Waals surface area contributed by atoms with Crippen LogP contribution in [-0.2, 0) is 14.3 Å². The molecule has 0 aromatic carbocycles. The van der Waals surface area contributed by atoms with Crippen LogP contribution in [0.3, 0.4) is 0 Å². The van der Waals surface area contributed by atoms with Gasteiger partial charge in [0.1, 0.15) is 0 Å². The molecular formula is C13H20N4O3S2. The Morgan fingerprint density at radius 1 is 1.41 bits per heavy atom. The van der Waals surface area contributed by atoms with Crippen molar-refractivity contribution < 1.29 is 14.3 Å². The number of nitrogens with two attached hydrogens (primary N) is 1. The number of ether oxygens (including phenoxy) is 2. The van der Waals surface area contributed by atoms with E-state index in [4.69, 9.17) is 15.2 Å². The van der Waals surface area contributed by atoms with Crippen LogP contribution >= 0.6 is 23.1 Å². The number of amides is 1. The van der Waals surface area contributed by atoms with Crippen molar-refractivity contribution in [2.75, 3.05) is 31.3 Å². The highest BCUT2D eigenvalue weighted by Crippen LogP contribution is 2.34. The second kappa shape index (κ2) is 7.12. The van der Waals surface area contributed by atoms with Gasteiger partial charge in [0.25, 0.3) is 0 Å². The predicted molar refractivity (Wildman–Crippen MR) is 84.9 cm³/mol. The maximum absolute atomic E-state index is 12.1. The second-order valence-corrected chi connectivity index (χ2v) is 7.83. The molecule has 22 heavy (non-hydrogen) atoms. The van der Waals surface area contributed by atoms with Crippen LogP contribution in [0.1, 0.15) is 25.7 Å². The number of carbonyl (C=O) groups excluding carboxylic acids is 1. The van der Waals surface area contributed by atoms with Gasteiger partial charge in [-0.1, -0.05) is 23.1 Å². The third-order valence-electron chi connectivity index (χ3n) is 4.01. The molecule has 3 N–H and O–H groups in total. The second-order valence-electron chi connectivity index (χ2n) is 5.60. The SMILES string of the molecule is Nc1nnc(SCC(=O)N[C@H]2CCOC3(CCOCC3)C2)s1. The van der Waals surface area contributed by atoms with Crippen molar-refractivity contribution in [1.82, 2.24) is 15.5 Å². The Balaban J connectivity index is 1.46. The first-order valence-corrected chi connectivity index (χ1v) is 9.18. The first-order valence-electron chi connectivity index (χ1n) is 7.38. The summed E-state index contributed by atoms with van der Waals surface area (Å²) in [5.74, 6) is 0.357. The van der Waals surface area contributed by atoms with Gasteiger partial charge in [0, 0.05) is 25.9 Å². The van der Waals surface area contributed by atoms with E-state index >= 15 is 0 Å². The lowest BCUT2D eigenvalue weighted by molar-refractivity contribution is -0.143. The van der Waals surface area contributed by atoms with Gasteiger partial charge in [-0.2, -0.15) is 0 Å². The van der Waals surface area contributed by atoms with Gasteiger partial charge in [-0.3, -0.25) is 4.79 Å². The lowest BCUT2D eigenvalue weighted by atomic mass is 9.84. The average molecular weight is 344 g/mol. The van der Waals surface area contributed by atoms with Gasteiger partial charge in [-0.15, -0.1) is 10.2 Å². The van der Waals surface area contributed by atoms with Crippen LogP contribution in [0.5, 0.6) is 0 Å². The van der Waals surface area contributed by atoms with Gasteiger partial charge in [-0.05, 0) is 25.7 Å². The summed E-state index contributed by atoms with van der Waals surface area (Å²) in [5, 5.41) is 11.2. The van der Waals surface area contributed by atoms with Crippen LogP contribution in [0, 0.1) is 0 Å². The number of rotatable bonds is 4. The average Bonchev–Trinajstić information content (AvgIpc) is 2.92. The Labute approximate surface area is 137 Å². The Morgan fingerprint density at radius 2 is 2.23 bits per heavy atom. The fourth-order valence-electron chi connectivity index (χ4n) is 2.92. The van der Waals surface area contributed by atoms with Crippen molar-refractivity contribution in [3.8, 4) is 0 Å². The molecule has 7 nitrogen and oxygen atoms in total. The van der Waals surface area contributed by atoms with Crippen LogP contribution in [0.4, 0.5) is 5.13 Å². The molecule has 2 aliphatic heterocycles. The van der Waals surface area contributed by atoms with Gasteiger partial charge in [-0.25, -0.2) is 0 Å². The van der Waals surface area contributed by atoms with E-state index < -0.39 is 0 Å². The molecule has 0 bridgehead atoms. The zero-order valence-electron chi connectivity index (χ0n) is 12.2. The van der Waals surface area contributed by atoms with E-state index in [-0.39, 0.29) is 17.6 Å². The van der Waals surface area contributed by atoms with Crippen LogP contribution in [0.25, 0.3) is 0 Å². The fraction of sp³-hybridized carbons (Fsp3) is 0.769. The number of hydrogen-bond acceptors (Lipinski definition) is 8. The zero-order chi connectivity index (χ0) is 15.4. The van der Waals surface area contributed by atoms with Gasteiger partial charge in [0.05, 0.1) is 11.4 Å². The van der Waals surface area contributed by atoms with Crippen molar-refractivity contribution in [1.29, 1.82) is 0 Å². The fourth-order valence-corrected chi connectivity index (χ4v) is 4.37. The number of nitrogen functional groups attached to an aromatic ring is 1. The molecule has 1 amide bonds. The first-order chi connectivity index (χ1) is 10.7. The molecule has 3 rings (SSSR count). The summed E-state index contributed by atoms with van der Waals surface area (Å²) >= 11 is 2.66. The summed E-state index contributed by atoms with van der Waals surface area (Å²) in [6.07, 6.45) is 3.57. The molecule has 1 aromatic heterocycles. The standard InChI is InChI=1S/C13H20N4O3S2/c14-11-16-17-12(22-11)21-8-10(18)15-9-1-4-20-13(7-9)2-5-19-6-3-13/h9H,1-8H2,(H2,14,16)(H,15,18)/t9-/m0/s1. The molecule has 1 spiro atoms. The van der Waals surface area contributed by atoms with Crippen molar-refractivity contribution in [2.45, 2.75) is 41.7 Å². The normalized spacial score (nSPS) is 24.3. The maximum Gasteiger partial charge on any atom is 0.230 e. The van der Waals surface area contributed by atoms with E-state index in [1.165, 1.54) is 23.1 Å². The van der Waals surface area contributed by atoms with Crippen molar-refractivity contribution >= 4 is 34.1 Å². The van der Waals surface area contributed by atoms with Crippen LogP contribution < -0.4 is 11.1 Å². The molecule has 9 heteroatoms. The van der Waals surface area contributed by atoms with E-state index in [9.17, 15) is 4.79 Å². The zero-order valence-corrected chi connectivity index (χ0v) is 13.9. The molecule has 2 fully saturated rings. The molecule has 2 saturated heterocycles. The quantitative estimate of drug-likeness (QED) is 0.788. The van der Waals surface area contributed by atoms with Crippen molar-refractivity contribution in [2.24, 2.45) is 0 Å². The lowest BCUT2D eigenvalue weighted by Gasteiger charge is -2.43. The van der Waals surface area contributed by atoms with E-state index in [0.29, 0.717) is 17.5 Å². The minimum absolute atomic E-state index is 0.0212. The van der Waals surface area contributed by atoms with E-state index in [1.54, 1.807) is 0 Å². The van der Waals surface area contributed by atoms with Gasteiger partial charge in [0.15, 0.2) is 4.34 Å². The molecular weight excluding hydrogens is 324 g/mol. The summed E-state index contributed by atoms with van der Waals surface area (Å²) in [5.41, 5.74) is 5.42. The molecule has 0 unspecified atom stereocenters. The molecule has 1 aromatic rings. The molecule has 1 atom stereocenters. The maximum atomic E-state index is 12.1. The van der Waals surface area contributed by atoms with Crippen molar-refractivity contribution in [3.05, 3.63) is 0 Å². The number of nitrogens with one attached hydrogen (secondary N) is 1. The minimum atomic E-state index is -0.102. The number of carbonyl (C=O) groups is 1. The Morgan fingerprint density at radius 3 is 2.95 bits per heavy atom. The van der Waals surface area contributed by atoms with Crippen molar-refractivity contribution in [3.63, 3.8) is 0 Å². The summed E-state index contributed by atoms with van der Waals surface area (Å²) in [6, 6.07) is 0.180. The monoisotopic (exact) mass is 344 g/mol. The number of hydrogen-bond donors (Lipinski definition) is 2. The summed E-state index contributed by atoms with van der Waals surface area (Å²) in [6.45, 7) is 2.19. The summed E-state index contributed by atoms with van der Waals surface area (Å²) < 4.78 is 12.1. The highest BCUT2D eigenvalue weighted by Gasteiger charge is 2.39. The molecule has 3 heterocycles. The Bertz CT molecular complexity index is 514. The highest BCUT2D eigenvalue weighted by atomic mass is 32.2. The minimum Gasteiger partial charge on any atom is -0.381 e. The van der Waals surface area contributed by atoms with Gasteiger partial charge < -0.3 is 20.5 Å². The first kappa shape index (κ1) is 16.0. The summed E-state index contributed by atoms with van der Waals surface area (Å²) in [7, 11) is 0. The predicted octanol–water partition coefficient (Wildman–Crippen LogP) is 1.06. The van der Waals surface area contributed by atoms with Gasteiger partial charge >= 0.3 is 0 Å². The van der Waals surface area contributed by atoms with Crippen LogP contribution in [0.15, 0.2) is 4.34 Å². The van der Waals surface area contributed by atoms with Gasteiger partial charge in [0.2, 0.25) is 11.0 Å². The molecule has 0 saturated carbocycles. The number of thioether (sulfide) groups is 1. The molecule has 0 aliphatic carbocycles. The largest absolute Gasteiger partial charge is 0.381 e. The molecule has 2 aliphatic rings. The molecule has 0 radical (unpaired) electrons. The Hall–Kier alpha value is -0.900. The highest BCUT2D eigenvalue weighted by molar-refractivity contribution is 8.01. The lowest BCUT2D eigenvalue weighted by Crippen LogP contribution is -2.51. The molecule has 122 valence electrons. The number of nitrogens with zero attached hydrogens (tertiary/aromatic N) is 2. The third kappa shape index (κ3) is 4.09. The number of anilines is 1.